The van der Waals surface area contributed by atoms with Crippen molar-refractivity contribution in [2.24, 2.45) is 17.8 Å². The highest BCUT2D eigenvalue weighted by molar-refractivity contribution is 6.31. The molecule has 2 aliphatic carbocycles. The first-order valence-corrected chi connectivity index (χ1v) is 14.8. The predicted octanol–water partition coefficient (Wildman–Crippen LogP) is 11.3. The highest BCUT2D eigenvalue weighted by atomic mass is 35.5. The molecule has 0 spiro atoms. The average molecular weight is 519 g/mol. The Morgan fingerprint density at radius 3 is 1.78 bits per heavy atom. The lowest BCUT2D eigenvalue weighted by molar-refractivity contribution is 0.222. The summed E-state index contributed by atoms with van der Waals surface area (Å²) >= 11 is 5.57. The molecule has 0 heterocycles. The minimum Gasteiger partial charge on any atom is -0.206 e. The maximum Gasteiger partial charge on any atom is 0.145 e. The zero-order chi connectivity index (χ0) is 25.5. The Balaban J connectivity index is 1.21. The van der Waals surface area contributed by atoms with Gasteiger partial charge in [-0.15, -0.1) is 0 Å². The second kappa shape index (κ2) is 13.4. The molecule has 2 aromatic carbocycles. The van der Waals surface area contributed by atoms with E-state index in [-0.39, 0.29) is 11.1 Å². The molecule has 2 aromatic rings. The van der Waals surface area contributed by atoms with Gasteiger partial charge in [-0.3, -0.25) is 0 Å². The van der Waals surface area contributed by atoms with Gasteiger partial charge in [0.15, 0.2) is 0 Å². The summed E-state index contributed by atoms with van der Waals surface area (Å²) in [6.45, 7) is 2.28. The predicted molar refractivity (Wildman–Crippen MR) is 145 cm³/mol. The van der Waals surface area contributed by atoms with Gasteiger partial charge in [-0.1, -0.05) is 101 Å². The molecule has 198 valence electrons. The molecule has 36 heavy (non-hydrogen) atoms. The Labute approximate surface area is 221 Å². The van der Waals surface area contributed by atoms with Crippen LogP contribution in [0.5, 0.6) is 0 Å². The number of unbranched alkanes of at least 4 members (excludes halogenated alkanes) is 3. The molecule has 2 saturated carbocycles. The Morgan fingerprint density at radius 2 is 1.22 bits per heavy atom. The first kappa shape index (κ1) is 27.6. The maximum absolute atomic E-state index is 14.9. The Kier molecular flexibility index (Phi) is 10.2. The van der Waals surface area contributed by atoms with Gasteiger partial charge in [0.25, 0.3) is 0 Å². The van der Waals surface area contributed by atoms with E-state index in [4.69, 9.17) is 11.6 Å². The third kappa shape index (κ3) is 7.30. The van der Waals surface area contributed by atoms with E-state index in [1.165, 1.54) is 83.5 Å². The summed E-state index contributed by atoms with van der Waals surface area (Å²) < 4.78 is 42.6. The van der Waals surface area contributed by atoms with Crippen molar-refractivity contribution in [3.63, 3.8) is 0 Å². The van der Waals surface area contributed by atoms with Gasteiger partial charge in [0.05, 0.1) is 0 Å². The molecule has 0 bridgehead atoms. The molecular weight excluding hydrogens is 477 g/mol. The summed E-state index contributed by atoms with van der Waals surface area (Å²) in [6, 6.07) is 7.32. The molecule has 0 radical (unpaired) electrons. The molecular formula is C32H42ClF3. The van der Waals surface area contributed by atoms with E-state index in [9.17, 15) is 13.2 Å². The fourth-order valence-electron chi connectivity index (χ4n) is 6.65. The SMILES string of the molecule is CCCCCCC1CCC(CCC2CCC(c3ccc(-c4cc(F)c(Cl)c(F)c4)c(F)c3)CC2)CC1. The number of benzene rings is 2. The number of hydrogen-bond donors (Lipinski definition) is 0. The third-order valence-corrected chi connectivity index (χ3v) is 9.38. The molecule has 0 amide bonds. The van der Waals surface area contributed by atoms with Crippen LogP contribution in [0.15, 0.2) is 30.3 Å². The van der Waals surface area contributed by atoms with E-state index in [2.05, 4.69) is 6.92 Å². The van der Waals surface area contributed by atoms with Crippen LogP contribution in [-0.2, 0) is 0 Å². The van der Waals surface area contributed by atoms with Crippen molar-refractivity contribution in [2.45, 2.75) is 109 Å². The van der Waals surface area contributed by atoms with Gasteiger partial charge in [-0.25, -0.2) is 13.2 Å². The molecule has 2 fully saturated rings. The normalized spacial score (nSPS) is 24.7. The summed E-state index contributed by atoms with van der Waals surface area (Å²) in [5, 5.41) is -0.557. The molecule has 0 aliphatic heterocycles. The summed E-state index contributed by atoms with van der Waals surface area (Å²) in [5.74, 6) is 0.908. The van der Waals surface area contributed by atoms with Gasteiger partial charge in [0, 0.05) is 5.56 Å². The smallest absolute Gasteiger partial charge is 0.145 e. The monoisotopic (exact) mass is 518 g/mol. The van der Waals surface area contributed by atoms with Crippen LogP contribution in [0.1, 0.15) is 115 Å². The zero-order valence-corrected chi connectivity index (χ0v) is 22.6. The van der Waals surface area contributed by atoms with Crippen LogP contribution < -0.4 is 0 Å². The van der Waals surface area contributed by atoms with E-state index in [1.807, 2.05) is 6.07 Å². The van der Waals surface area contributed by atoms with E-state index < -0.39 is 22.5 Å². The Hall–Kier alpha value is -1.48. The lowest BCUT2D eigenvalue weighted by atomic mass is 9.74. The van der Waals surface area contributed by atoms with Crippen LogP contribution >= 0.6 is 11.6 Å². The first-order valence-electron chi connectivity index (χ1n) is 14.4. The minimum absolute atomic E-state index is 0.174. The van der Waals surface area contributed by atoms with E-state index in [1.54, 1.807) is 12.1 Å². The number of rotatable bonds is 10. The van der Waals surface area contributed by atoms with Crippen molar-refractivity contribution in [1.29, 1.82) is 0 Å². The highest BCUT2D eigenvalue weighted by Gasteiger charge is 2.26. The second-order valence-corrected chi connectivity index (χ2v) is 11.9. The maximum atomic E-state index is 14.9. The molecule has 0 unspecified atom stereocenters. The van der Waals surface area contributed by atoms with Crippen LogP contribution in [0.4, 0.5) is 13.2 Å². The molecule has 2 aliphatic rings. The first-order chi connectivity index (χ1) is 17.4. The van der Waals surface area contributed by atoms with E-state index in [0.29, 0.717) is 5.92 Å². The molecule has 4 heteroatoms. The minimum atomic E-state index is -0.871. The lowest BCUT2D eigenvalue weighted by Crippen LogP contribution is -2.18. The van der Waals surface area contributed by atoms with Gasteiger partial charge in [0.1, 0.15) is 22.5 Å². The van der Waals surface area contributed by atoms with Crippen molar-refractivity contribution in [3.05, 3.63) is 58.4 Å². The molecule has 4 rings (SSSR count). The van der Waals surface area contributed by atoms with Gasteiger partial charge in [-0.05, 0) is 78.7 Å². The number of hydrogen-bond acceptors (Lipinski definition) is 0. The van der Waals surface area contributed by atoms with Gasteiger partial charge < -0.3 is 0 Å². The fourth-order valence-corrected chi connectivity index (χ4v) is 6.76. The van der Waals surface area contributed by atoms with Gasteiger partial charge in [0.2, 0.25) is 0 Å². The van der Waals surface area contributed by atoms with Crippen molar-refractivity contribution in [1.82, 2.24) is 0 Å². The number of halogens is 4. The lowest BCUT2D eigenvalue weighted by Gasteiger charge is -2.32. The third-order valence-electron chi connectivity index (χ3n) is 9.02. The highest BCUT2D eigenvalue weighted by Crippen LogP contribution is 2.41. The van der Waals surface area contributed by atoms with Gasteiger partial charge >= 0.3 is 0 Å². The molecule has 0 saturated heterocycles. The summed E-state index contributed by atoms with van der Waals surface area (Å²) in [7, 11) is 0. The largest absolute Gasteiger partial charge is 0.206 e. The fraction of sp³-hybridized carbons (Fsp3) is 0.625. The molecule has 0 aromatic heterocycles. The van der Waals surface area contributed by atoms with Crippen molar-refractivity contribution in [2.75, 3.05) is 0 Å². The zero-order valence-electron chi connectivity index (χ0n) is 21.8. The van der Waals surface area contributed by atoms with Crippen LogP contribution in [0, 0.1) is 35.2 Å². The topological polar surface area (TPSA) is 0 Å². The van der Waals surface area contributed by atoms with Crippen molar-refractivity contribution in [3.8, 4) is 11.1 Å². The average Bonchev–Trinajstić information content (AvgIpc) is 2.89. The van der Waals surface area contributed by atoms with Crippen LogP contribution in [0.2, 0.25) is 5.02 Å². The van der Waals surface area contributed by atoms with E-state index >= 15 is 0 Å². The summed E-state index contributed by atoms with van der Waals surface area (Å²) in [4.78, 5) is 0. The van der Waals surface area contributed by atoms with Crippen LogP contribution in [-0.4, -0.2) is 0 Å². The Morgan fingerprint density at radius 1 is 0.667 bits per heavy atom. The standard InChI is InChI=1S/C32H42ClF3/c1-2-3-4-5-6-22-7-9-23(10-8-22)11-12-24-13-15-25(16-14-24)26-17-18-28(29(34)19-26)27-20-30(35)32(33)31(36)21-27/h17-25H,2-16H2,1H3. The second-order valence-electron chi connectivity index (χ2n) is 11.5. The summed E-state index contributed by atoms with van der Waals surface area (Å²) in [5.41, 5.74) is 1.38. The van der Waals surface area contributed by atoms with Crippen LogP contribution in [0.25, 0.3) is 11.1 Å². The summed E-state index contributed by atoms with van der Waals surface area (Å²) in [6.07, 6.45) is 20.1. The van der Waals surface area contributed by atoms with Gasteiger partial charge in [-0.2, -0.15) is 0 Å². The molecule has 0 atom stereocenters. The van der Waals surface area contributed by atoms with E-state index in [0.717, 1.165) is 48.3 Å². The quantitative estimate of drug-likeness (QED) is 0.216. The molecule has 0 nitrogen and oxygen atoms in total. The molecule has 0 N–H and O–H groups in total. The Bertz CT molecular complexity index is 948. The van der Waals surface area contributed by atoms with Crippen molar-refractivity contribution < 1.29 is 13.2 Å². The van der Waals surface area contributed by atoms with Crippen LogP contribution in [0.3, 0.4) is 0 Å². The van der Waals surface area contributed by atoms with Crippen molar-refractivity contribution >= 4 is 11.6 Å².